The molecule has 3 saturated carbocycles. The minimum Gasteiger partial charge on any atom is -0.353 e. The number of hydrogen-bond acceptors (Lipinski definition) is 2. The fourth-order valence-electron chi connectivity index (χ4n) is 7.71. The van der Waals surface area contributed by atoms with Crippen LogP contribution in [-0.2, 0) is 9.59 Å². The maximum absolute atomic E-state index is 12.2. The largest absolute Gasteiger partial charge is 0.353 e. The summed E-state index contributed by atoms with van der Waals surface area (Å²) < 4.78 is 0. The molecular formula is C21H33NO2. The number of amides is 1. The van der Waals surface area contributed by atoms with Crippen molar-refractivity contribution in [1.82, 2.24) is 5.32 Å². The van der Waals surface area contributed by atoms with Crippen LogP contribution >= 0.6 is 0 Å². The molecule has 0 aromatic carbocycles. The molecule has 8 atom stereocenters. The molecule has 3 heteroatoms. The van der Waals surface area contributed by atoms with Crippen molar-refractivity contribution < 1.29 is 9.59 Å². The van der Waals surface area contributed by atoms with Gasteiger partial charge < -0.3 is 5.32 Å². The first kappa shape index (κ1) is 16.6. The van der Waals surface area contributed by atoms with E-state index in [1.54, 1.807) is 0 Å². The number of nitrogens with one attached hydrogen (secondary N) is 1. The second-order valence-electron chi connectivity index (χ2n) is 9.91. The molecule has 3 aliphatic carbocycles. The van der Waals surface area contributed by atoms with Gasteiger partial charge in [0, 0.05) is 18.4 Å². The molecule has 1 N–H and O–H groups in total. The van der Waals surface area contributed by atoms with Gasteiger partial charge in [-0.1, -0.05) is 20.8 Å². The van der Waals surface area contributed by atoms with Crippen molar-refractivity contribution in [2.45, 2.75) is 78.7 Å². The molecule has 24 heavy (non-hydrogen) atoms. The number of fused-ring (bicyclic) bond motifs is 5. The zero-order valence-electron chi connectivity index (χ0n) is 15.7. The van der Waals surface area contributed by atoms with Gasteiger partial charge in [0.05, 0.1) is 0 Å². The lowest BCUT2D eigenvalue weighted by Crippen LogP contribution is -2.63. The van der Waals surface area contributed by atoms with Crippen LogP contribution in [0.15, 0.2) is 0 Å². The van der Waals surface area contributed by atoms with Crippen molar-refractivity contribution in [3.05, 3.63) is 0 Å². The molecule has 134 valence electrons. The Balaban J connectivity index is 1.67. The summed E-state index contributed by atoms with van der Waals surface area (Å²) in [6.07, 6.45) is 7.66. The minimum absolute atomic E-state index is 0.225. The average molecular weight is 332 g/mol. The Hall–Kier alpha value is -0.860. The monoisotopic (exact) mass is 331 g/mol. The molecule has 1 heterocycles. The molecule has 1 saturated heterocycles. The van der Waals surface area contributed by atoms with Crippen molar-refractivity contribution in [3.63, 3.8) is 0 Å². The van der Waals surface area contributed by atoms with E-state index < -0.39 is 0 Å². The van der Waals surface area contributed by atoms with Crippen LogP contribution in [-0.4, -0.2) is 17.7 Å². The second kappa shape index (κ2) is 5.32. The maximum atomic E-state index is 12.2. The molecule has 0 aromatic heterocycles. The summed E-state index contributed by atoms with van der Waals surface area (Å²) in [5, 5.41) is 3.33. The van der Waals surface area contributed by atoms with E-state index in [0.29, 0.717) is 30.1 Å². The summed E-state index contributed by atoms with van der Waals surface area (Å²) in [6.45, 7) is 9.07. The van der Waals surface area contributed by atoms with Gasteiger partial charge in [-0.15, -0.1) is 0 Å². The fraction of sp³-hybridized carbons (Fsp3) is 0.905. The summed E-state index contributed by atoms with van der Waals surface area (Å²) in [7, 11) is 0. The van der Waals surface area contributed by atoms with Crippen molar-refractivity contribution >= 4 is 11.7 Å². The molecule has 4 rings (SSSR count). The van der Waals surface area contributed by atoms with Crippen molar-refractivity contribution in [1.29, 1.82) is 0 Å². The normalized spacial score (nSPS) is 53.6. The highest BCUT2D eigenvalue weighted by Crippen LogP contribution is 2.66. The number of rotatable bonds is 1. The van der Waals surface area contributed by atoms with Gasteiger partial charge in [-0.3, -0.25) is 9.59 Å². The Bertz CT molecular complexity index is 572. The van der Waals surface area contributed by atoms with E-state index in [0.717, 1.165) is 31.1 Å². The molecule has 0 unspecified atom stereocenters. The van der Waals surface area contributed by atoms with Crippen molar-refractivity contribution in [2.24, 2.45) is 40.4 Å². The highest BCUT2D eigenvalue weighted by atomic mass is 16.1. The van der Waals surface area contributed by atoms with E-state index in [9.17, 15) is 9.59 Å². The van der Waals surface area contributed by atoms with E-state index >= 15 is 0 Å². The van der Waals surface area contributed by atoms with Gasteiger partial charge in [0.2, 0.25) is 5.91 Å². The molecule has 1 amide bonds. The van der Waals surface area contributed by atoms with Crippen LogP contribution in [0.2, 0.25) is 0 Å². The van der Waals surface area contributed by atoms with Crippen LogP contribution in [0.4, 0.5) is 0 Å². The zero-order chi connectivity index (χ0) is 17.3. The van der Waals surface area contributed by atoms with Gasteiger partial charge in [0.1, 0.15) is 5.78 Å². The summed E-state index contributed by atoms with van der Waals surface area (Å²) in [4.78, 5) is 24.2. The first-order chi connectivity index (χ1) is 11.3. The van der Waals surface area contributed by atoms with Crippen LogP contribution in [0.25, 0.3) is 0 Å². The molecule has 1 aliphatic heterocycles. The summed E-state index contributed by atoms with van der Waals surface area (Å²) in [5.41, 5.74) is 0.489. The van der Waals surface area contributed by atoms with Gasteiger partial charge in [0.15, 0.2) is 0 Å². The first-order valence-corrected chi connectivity index (χ1v) is 10.1. The fourth-order valence-corrected chi connectivity index (χ4v) is 7.71. The van der Waals surface area contributed by atoms with E-state index in [2.05, 4.69) is 26.1 Å². The first-order valence-electron chi connectivity index (χ1n) is 10.1. The van der Waals surface area contributed by atoms with Gasteiger partial charge in [-0.2, -0.15) is 0 Å². The lowest BCUT2D eigenvalue weighted by Gasteiger charge is -2.62. The number of Topliss-reactive ketones (excluding diaryl/α,β-unsaturated/α-hetero) is 1. The van der Waals surface area contributed by atoms with Gasteiger partial charge in [-0.25, -0.2) is 0 Å². The third kappa shape index (κ3) is 2.08. The molecule has 0 spiro atoms. The van der Waals surface area contributed by atoms with Crippen LogP contribution < -0.4 is 5.32 Å². The third-order valence-corrected chi connectivity index (χ3v) is 8.96. The Morgan fingerprint density at radius 1 is 1.08 bits per heavy atom. The average Bonchev–Trinajstić information content (AvgIpc) is 2.86. The lowest BCUT2D eigenvalue weighted by atomic mass is 9.45. The van der Waals surface area contributed by atoms with Gasteiger partial charge in [-0.05, 0) is 80.0 Å². The number of hydrogen-bond donors (Lipinski definition) is 1. The highest BCUT2D eigenvalue weighted by molar-refractivity contribution is 5.79. The van der Waals surface area contributed by atoms with Crippen molar-refractivity contribution in [3.8, 4) is 0 Å². The maximum Gasteiger partial charge on any atom is 0.220 e. The Kier molecular flexibility index (Phi) is 3.68. The lowest BCUT2D eigenvalue weighted by molar-refractivity contribution is -0.146. The molecule has 3 nitrogen and oxygen atoms in total. The summed E-state index contributed by atoms with van der Waals surface area (Å²) in [6, 6.07) is 0.365. The van der Waals surface area contributed by atoms with E-state index in [1.165, 1.54) is 19.3 Å². The number of piperidine rings is 1. The number of ketones is 1. The van der Waals surface area contributed by atoms with Crippen LogP contribution in [0.5, 0.6) is 0 Å². The topological polar surface area (TPSA) is 46.2 Å². The zero-order valence-corrected chi connectivity index (χ0v) is 15.7. The van der Waals surface area contributed by atoms with Crippen LogP contribution in [0, 0.1) is 40.4 Å². The third-order valence-electron chi connectivity index (χ3n) is 8.96. The van der Waals surface area contributed by atoms with Crippen molar-refractivity contribution in [2.75, 3.05) is 0 Å². The van der Waals surface area contributed by atoms with Crippen LogP contribution in [0.3, 0.4) is 0 Å². The standard InChI is InChI=1S/C21H33NO2/c1-12-11-17-21(4,10-8-18(24)22-17)16-7-9-20(3)14(13(2)23)5-6-15(20)19(12)16/h12,14-17,19H,5-11H2,1-4H3,(H,22,24)/t12-,14+,15-,16-,17+,19-,20+,21+/m0/s1. The Morgan fingerprint density at radius 3 is 2.50 bits per heavy atom. The molecule has 4 aliphatic rings. The second-order valence-corrected chi connectivity index (χ2v) is 9.91. The smallest absolute Gasteiger partial charge is 0.220 e. The van der Waals surface area contributed by atoms with E-state index in [-0.39, 0.29) is 22.7 Å². The molecule has 0 radical (unpaired) electrons. The predicted molar refractivity (Wildman–Crippen MR) is 94.3 cm³/mol. The predicted octanol–water partition coefficient (Wildman–Crippen LogP) is 3.96. The number of carbonyl (C=O) groups is 2. The quantitative estimate of drug-likeness (QED) is 0.790. The molecule has 0 bridgehead atoms. The van der Waals surface area contributed by atoms with Gasteiger partial charge in [0.25, 0.3) is 0 Å². The molecular weight excluding hydrogens is 298 g/mol. The summed E-state index contributed by atoms with van der Waals surface area (Å²) >= 11 is 0. The number of carbonyl (C=O) groups excluding carboxylic acids is 2. The molecule has 0 aromatic rings. The summed E-state index contributed by atoms with van der Waals surface area (Å²) in [5.74, 6) is 3.77. The van der Waals surface area contributed by atoms with E-state index in [4.69, 9.17) is 0 Å². The minimum atomic E-state index is 0.225. The molecule has 4 fully saturated rings. The highest BCUT2D eigenvalue weighted by Gasteiger charge is 2.62. The SMILES string of the molecule is CC(=O)[C@H]1CC[C@H]2[C@@H]3[C@@H](C)C[C@H]4NC(=O)CC[C@]4(C)[C@H]3CC[C@]12C. The van der Waals surface area contributed by atoms with Gasteiger partial charge >= 0.3 is 0 Å². The Labute approximate surface area is 146 Å². The Morgan fingerprint density at radius 2 is 1.79 bits per heavy atom. The van der Waals surface area contributed by atoms with Crippen LogP contribution in [0.1, 0.15) is 72.6 Å². The van der Waals surface area contributed by atoms with E-state index in [1.807, 2.05) is 6.92 Å².